The van der Waals surface area contributed by atoms with Crippen LogP contribution in [-0.2, 0) is 10.0 Å². The van der Waals surface area contributed by atoms with E-state index in [4.69, 9.17) is 5.73 Å². The maximum atomic E-state index is 13.4. The molecule has 21 heavy (non-hydrogen) atoms. The standard InChI is InChI=1S/C13H19BrFN3O2S/c1-8-6-18(7-9(2)17(8)3)21(19,20)13-5-12(16)11(15)4-10(13)14/h4-5,8-9H,6-7,16H2,1-3H3. The minimum atomic E-state index is -3.71. The van der Waals surface area contributed by atoms with E-state index in [-0.39, 0.29) is 27.1 Å². The Bertz CT molecular complexity index is 641. The average Bonchev–Trinajstić information content (AvgIpc) is 2.39. The number of hydrogen-bond acceptors (Lipinski definition) is 4. The zero-order valence-corrected chi connectivity index (χ0v) is 14.6. The van der Waals surface area contributed by atoms with E-state index >= 15 is 0 Å². The first-order valence-electron chi connectivity index (χ1n) is 6.61. The van der Waals surface area contributed by atoms with Crippen LogP contribution in [0.1, 0.15) is 13.8 Å². The Morgan fingerprint density at radius 3 is 2.33 bits per heavy atom. The van der Waals surface area contributed by atoms with E-state index in [0.29, 0.717) is 13.1 Å². The molecule has 0 saturated carbocycles. The topological polar surface area (TPSA) is 66.6 Å². The van der Waals surface area contributed by atoms with Crippen molar-refractivity contribution < 1.29 is 12.8 Å². The summed E-state index contributed by atoms with van der Waals surface area (Å²) in [7, 11) is -1.73. The van der Waals surface area contributed by atoms with Gasteiger partial charge < -0.3 is 5.73 Å². The molecule has 118 valence electrons. The van der Waals surface area contributed by atoms with Crippen LogP contribution in [0.25, 0.3) is 0 Å². The number of rotatable bonds is 2. The van der Waals surface area contributed by atoms with Gasteiger partial charge in [0.05, 0.1) is 10.6 Å². The number of anilines is 1. The van der Waals surface area contributed by atoms with Gasteiger partial charge in [-0.25, -0.2) is 12.8 Å². The van der Waals surface area contributed by atoms with Gasteiger partial charge in [0.15, 0.2) is 0 Å². The lowest BCUT2D eigenvalue weighted by Gasteiger charge is -2.41. The highest BCUT2D eigenvalue weighted by molar-refractivity contribution is 9.10. The molecule has 2 N–H and O–H groups in total. The molecule has 0 radical (unpaired) electrons. The van der Waals surface area contributed by atoms with Gasteiger partial charge in [0.25, 0.3) is 0 Å². The van der Waals surface area contributed by atoms with Gasteiger partial charge >= 0.3 is 0 Å². The normalized spacial score (nSPS) is 25.2. The molecule has 0 aliphatic carbocycles. The van der Waals surface area contributed by atoms with Crippen LogP contribution in [0.3, 0.4) is 0 Å². The number of nitrogens with zero attached hydrogens (tertiary/aromatic N) is 2. The fraction of sp³-hybridized carbons (Fsp3) is 0.538. The first kappa shape index (κ1) is 16.7. The molecular formula is C13H19BrFN3O2S. The molecule has 0 bridgehead atoms. The van der Waals surface area contributed by atoms with Gasteiger partial charge in [-0.1, -0.05) is 0 Å². The van der Waals surface area contributed by atoms with Crippen LogP contribution in [0.15, 0.2) is 21.5 Å². The lowest BCUT2D eigenvalue weighted by atomic mass is 10.1. The SMILES string of the molecule is CC1CN(S(=O)(=O)c2cc(N)c(F)cc2Br)CC(C)N1C. The van der Waals surface area contributed by atoms with Crippen LogP contribution in [0.2, 0.25) is 0 Å². The molecule has 8 heteroatoms. The lowest BCUT2D eigenvalue weighted by molar-refractivity contribution is 0.105. The molecule has 5 nitrogen and oxygen atoms in total. The molecule has 2 atom stereocenters. The Morgan fingerprint density at radius 1 is 1.29 bits per heavy atom. The Labute approximate surface area is 133 Å². The molecule has 2 rings (SSSR count). The van der Waals surface area contributed by atoms with Gasteiger partial charge in [0.2, 0.25) is 10.0 Å². The molecule has 1 fully saturated rings. The highest BCUT2D eigenvalue weighted by Gasteiger charge is 2.35. The number of sulfonamides is 1. The van der Waals surface area contributed by atoms with E-state index in [0.717, 1.165) is 6.07 Å². The van der Waals surface area contributed by atoms with Crippen LogP contribution >= 0.6 is 15.9 Å². The second-order valence-electron chi connectivity index (χ2n) is 5.49. The van der Waals surface area contributed by atoms with Gasteiger partial charge in [-0.05, 0) is 49.0 Å². The molecule has 1 aliphatic heterocycles. The molecule has 0 amide bonds. The number of likely N-dealkylation sites (N-methyl/N-ethyl adjacent to an activating group) is 1. The molecule has 1 heterocycles. The van der Waals surface area contributed by atoms with E-state index in [1.807, 2.05) is 20.9 Å². The van der Waals surface area contributed by atoms with E-state index in [2.05, 4.69) is 20.8 Å². The van der Waals surface area contributed by atoms with Crippen LogP contribution in [-0.4, -0.2) is 49.8 Å². The monoisotopic (exact) mass is 379 g/mol. The third kappa shape index (κ3) is 3.08. The molecule has 1 saturated heterocycles. The highest BCUT2D eigenvalue weighted by atomic mass is 79.9. The maximum Gasteiger partial charge on any atom is 0.244 e. The first-order chi connectivity index (χ1) is 9.64. The molecule has 0 spiro atoms. The summed E-state index contributed by atoms with van der Waals surface area (Å²) in [6.45, 7) is 4.75. The summed E-state index contributed by atoms with van der Waals surface area (Å²) in [6.07, 6.45) is 0. The Hall–Kier alpha value is -0.700. The number of hydrogen-bond donors (Lipinski definition) is 1. The van der Waals surface area contributed by atoms with Crippen LogP contribution in [0.5, 0.6) is 0 Å². The summed E-state index contributed by atoms with van der Waals surface area (Å²) in [6, 6.07) is 2.48. The second kappa shape index (κ2) is 5.83. The Balaban J connectivity index is 2.41. The Morgan fingerprint density at radius 2 is 1.81 bits per heavy atom. The van der Waals surface area contributed by atoms with E-state index in [9.17, 15) is 12.8 Å². The minimum absolute atomic E-state index is 0.00496. The third-order valence-electron chi connectivity index (χ3n) is 4.00. The van der Waals surface area contributed by atoms with Crippen molar-refractivity contribution in [1.29, 1.82) is 0 Å². The van der Waals surface area contributed by atoms with Crippen LogP contribution in [0, 0.1) is 5.82 Å². The number of nitrogens with two attached hydrogens (primary N) is 1. The lowest BCUT2D eigenvalue weighted by Crippen LogP contribution is -2.56. The highest BCUT2D eigenvalue weighted by Crippen LogP contribution is 2.30. The second-order valence-corrected chi connectivity index (χ2v) is 8.25. The number of piperazine rings is 1. The largest absolute Gasteiger partial charge is 0.396 e. The zero-order valence-electron chi connectivity index (χ0n) is 12.2. The number of halogens is 2. The fourth-order valence-corrected chi connectivity index (χ4v) is 5.05. The summed E-state index contributed by atoms with van der Waals surface area (Å²) in [5.74, 6) is -0.638. The summed E-state index contributed by atoms with van der Waals surface area (Å²) >= 11 is 3.11. The van der Waals surface area contributed by atoms with E-state index in [1.165, 1.54) is 10.4 Å². The first-order valence-corrected chi connectivity index (χ1v) is 8.84. The Kier molecular flexibility index (Phi) is 4.63. The number of nitrogen functional groups attached to an aromatic ring is 1. The summed E-state index contributed by atoms with van der Waals surface area (Å²) < 4.78 is 40.6. The van der Waals surface area contributed by atoms with Gasteiger partial charge in [0.1, 0.15) is 5.82 Å². The van der Waals surface area contributed by atoms with Gasteiger partial charge in [-0.15, -0.1) is 0 Å². The average molecular weight is 380 g/mol. The smallest absolute Gasteiger partial charge is 0.244 e. The van der Waals surface area contributed by atoms with Crippen molar-refractivity contribution in [2.24, 2.45) is 0 Å². The number of benzene rings is 1. The fourth-order valence-electron chi connectivity index (χ4n) is 2.43. The third-order valence-corrected chi connectivity index (χ3v) is 6.79. The van der Waals surface area contributed by atoms with Crippen molar-refractivity contribution in [2.45, 2.75) is 30.8 Å². The van der Waals surface area contributed by atoms with Crippen molar-refractivity contribution in [1.82, 2.24) is 9.21 Å². The molecule has 1 aliphatic rings. The zero-order chi connectivity index (χ0) is 15.9. The quantitative estimate of drug-likeness (QED) is 0.796. The molecule has 0 aromatic heterocycles. The predicted octanol–water partition coefficient (Wildman–Crippen LogP) is 1.88. The van der Waals surface area contributed by atoms with Crippen molar-refractivity contribution in [3.63, 3.8) is 0 Å². The maximum absolute atomic E-state index is 13.4. The van der Waals surface area contributed by atoms with Crippen LogP contribution < -0.4 is 5.73 Å². The predicted molar refractivity (Wildman–Crippen MR) is 84.0 cm³/mol. The van der Waals surface area contributed by atoms with E-state index in [1.54, 1.807) is 0 Å². The van der Waals surface area contributed by atoms with Crippen molar-refractivity contribution in [3.8, 4) is 0 Å². The van der Waals surface area contributed by atoms with Gasteiger partial charge in [-0.2, -0.15) is 4.31 Å². The van der Waals surface area contributed by atoms with Crippen molar-refractivity contribution in [2.75, 3.05) is 25.9 Å². The van der Waals surface area contributed by atoms with E-state index < -0.39 is 15.8 Å². The van der Waals surface area contributed by atoms with Gasteiger partial charge in [-0.3, -0.25) is 4.90 Å². The summed E-state index contributed by atoms with van der Waals surface area (Å²) in [5.41, 5.74) is 5.33. The summed E-state index contributed by atoms with van der Waals surface area (Å²) in [4.78, 5) is 2.14. The molecule has 1 aromatic rings. The van der Waals surface area contributed by atoms with Gasteiger partial charge in [0, 0.05) is 29.6 Å². The molecule has 1 aromatic carbocycles. The molecule has 2 unspecified atom stereocenters. The van der Waals surface area contributed by atoms with Crippen molar-refractivity contribution >= 4 is 31.6 Å². The summed E-state index contributed by atoms with van der Waals surface area (Å²) in [5, 5.41) is 0. The molecular weight excluding hydrogens is 361 g/mol. The van der Waals surface area contributed by atoms with Crippen LogP contribution in [0.4, 0.5) is 10.1 Å². The minimum Gasteiger partial charge on any atom is -0.396 e. The van der Waals surface area contributed by atoms with Crippen molar-refractivity contribution in [3.05, 3.63) is 22.4 Å².